The minimum absolute atomic E-state index is 0.120. The zero-order valence-corrected chi connectivity index (χ0v) is 22.2. The molecule has 0 fully saturated rings. The summed E-state index contributed by atoms with van der Waals surface area (Å²) in [5.74, 6) is 1.20. The molecule has 1 aliphatic rings. The van der Waals surface area contributed by atoms with Gasteiger partial charge in [-0.2, -0.15) is 0 Å². The number of allylic oxidation sites excluding steroid dienone is 16. The molecular formula is C34H39N2+. The fourth-order valence-electron chi connectivity index (χ4n) is 4.65. The second kappa shape index (κ2) is 13.3. The number of nitrogens with zero attached hydrogens (tertiary/aromatic N) is 2. The van der Waals surface area contributed by atoms with Crippen LogP contribution in [0.2, 0.25) is 0 Å². The summed E-state index contributed by atoms with van der Waals surface area (Å²) < 4.78 is 4.73. The molecule has 1 aromatic carbocycles. The molecule has 3 rings (SSSR count). The molecule has 36 heavy (non-hydrogen) atoms. The van der Waals surface area contributed by atoms with Crippen molar-refractivity contribution in [2.75, 3.05) is 0 Å². The van der Waals surface area contributed by atoms with E-state index >= 15 is 0 Å². The molecule has 2 aromatic rings. The van der Waals surface area contributed by atoms with Crippen molar-refractivity contribution in [2.24, 2.45) is 7.05 Å². The maximum Gasteiger partial charge on any atom is 0.289 e. The first-order valence-electron chi connectivity index (χ1n) is 12.6. The van der Waals surface area contributed by atoms with Crippen LogP contribution in [0.1, 0.15) is 55.9 Å². The van der Waals surface area contributed by atoms with Crippen LogP contribution < -0.4 is 4.57 Å². The highest BCUT2D eigenvalue weighted by Crippen LogP contribution is 2.34. The minimum atomic E-state index is 0.120. The molecule has 2 nitrogen and oxygen atoms in total. The summed E-state index contributed by atoms with van der Waals surface area (Å²) in [5.41, 5.74) is 7.03. The Morgan fingerprint density at radius 3 is 2.53 bits per heavy atom. The van der Waals surface area contributed by atoms with E-state index in [-0.39, 0.29) is 5.92 Å². The highest BCUT2D eigenvalue weighted by atomic mass is 15.2. The Morgan fingerprint density at radius 1 is 1.08 bits per heavy atom. The van der Waals surface area contributed by atoms with Gasteiger partial charge in [-0.05, 0) is 38.8 Å². The van der Waals surface area contributed by atoms with E-state index in [2.05, 4.69) is 127 Å². The van der Waals surface area contributed by atoms with Crippen molar-refractivity contribution >= 4 is 11.1 Å². The third kappa shape index (κ3) is 6.20. The molecule has 1 aromatic heterocycles. The van der Waals surface area contributed by atoms with Gasteiger partial charge in [0.2, 0.25) is 0 Å². The predicted molar refractivity (Wildman–Crippen MR) is 157 cm³/mol. The Morgan fingerprint density at radius 2 is 1.83 bits per heavy atom. The van der Waals surface area contributed by atoms with Gasteiger partial charge in [0.05, 0.1) is 18.5 Å². The van der Waals surface area contributed by atoms with E-state index in [9.17, 15) is 0 Å². The highest BCUT2D eigenvalue weighted by molar-refractivity contribution is 5.77. The maximum atomic E-state index is 4.49. The molecule has 0 amide bonds. The fourth-order valence-corrected chi connectivity index (χ4v) is 4.65. The van der Waals surface area contributed by atoms with Crippen LogP contribution in [0.5, 0.6) is 0 Å². The molecule has 1 atom stereocenters. The van der Waals surface area contributed by atoms with Gasteiger partial charge in [0.25, 0.3) is 5.82 Å². The van der Waals surface area contributed by atoms with Crippen LogP contribution in [0.25, 0.3) is 11.1 Å². The lowest BCUT2D eigenvalue weighted by Crippen LogP contribution is -2.42. The SMILES string of the molecule is C=C/C(=C\C=C/C)c1c(C2/C=C\C=C/C/C=C/2C)[n+](Cc2ccccc2)c(C(=C)/C=C\C=C/C)n1C. The summed E-state index contributed by atoms with van der Waals surface area (Å²) in [5, 5.41) is 0. The number of hydrogen-bond donors (Lipinski definition) is 0. The van der Waals surface area contributed by atoms with Crippen molar-refractivity contribution in [1.29, 1.82) is 0 Å². The first kappa shape index (κ1) is 26.7. The Labute approximate surface area is 217 Å². The van der Waals surface area contributed by atoms with Crippen molar-refractivity contribution in [3.8, 4) is 0 Å². The molecule has 0 aliphatic heterocycles. The normalized spacial score (nSPS) is 19.8. The predicted octanol–water partition coefficient (Wildman–Crippen LogP) is 8.20. The zero-order valence-electron chi connectivity index (χ0n) is 22.2. The van der Waals surface area contributed by atoms with Gasteiger partial charge < -0.3 is 0 Å². The Kier molecular flexibility index (Phi) is 9.82. The number of benzene rings is 1. The third-order valence-electron chi connectivity index (χ3n) is 6.39. The number of rotatable bonds is 9. The standard InChI is InChI=1S/C34H39N2/c1-7-10-15-21-28(5)34-35(6)32(30(9-3)24-11-8-2)33(31-25-19-13-12-16-20-27(31)4)36(34)26-29-22-17-14-18-23-29/h7-15,17-25,31H,3,5,16,26H2,1-2,4,6H3/q+1/b10-7-,11-8-,13-12-,21-15-,25-19-,27-20+,30-24+. The molecule has 0 N–H and O–H groups in total. The summed E-state index contributed by atoms with van der Waals surface area (Å²) >= 11 is 0. The molecular weight excluding hydrogens is 436 g/mol. The fraction of sp³-hybridized carbons (Fsp3) is 0.206. The lowest BCUT2D eigenvalue weighted by molar-refractivity contribution is -0.697. The van der Waals surface area contributed by atoms with Crippen LogP contribution in [-0.2, 0) is 13.6 Å². The molecule has 0 saturated carbocycles. The summed E-state index contributed by atoms with van der Waals surface area (Å²) in [6.45, 7) is 15.7. The maximum absolute atomic E-state index is 4.49. The monoisotopic (exact) mass is 475 g/mol. The van der Waals surface area contributed by atoms with Crippen molar-refractivity contribution < 1.29 is 4.57 Å². The van der Waals surface area contributed by atoms with E-state index in [0.29, 0.717) is 0 Å². The van der Waals surface area contributed by atoms with Crippen LogP contribution in [0.15, 0.2) is 128 Å². The third-order valence-corrected chi connectivity index (χ3v) is 6.39. The largest absolute Gasteiger partial charge is 0.289 e. The van der Waals surface area contributed by atoms with Gasteiger partial charge in [-0.3, -0.25) is 0 Å². The van der Waals surface area contributed by atoms with Gasteiger partial charge in [-0.15, -0.1) is 0 Å². The molecule has 0 saturated heterocycles. The molecule has 1 heterocycles. The van der Waals surface area contributed by atoms with Crippen LogP contribution in [0.4, 0.5) is 0 Å². The Bertz CT molecular complexity index is 1280. The number of imidazole rings is 1. The van der Waals surface area contributed by atoms with Crippen molar-refractivity contribution in [3.63, 3.8) is 0 Å². The van der Waals surface area contributed by atoms with E-state index in [1.807, 2.05) is 32.1 Å². The van der Waals surface area contributed by atoms with Crippen molar-refractivity contribution in [2.45, 2.75) is 39.7 Å². The molecule has 184 valence electrons. The van der Waals surface area contributed by atoms with Crippen molar-refractivity contribution in [3.05, 3.63) is 151 Å². The lowest BCUT2D eigenvalue weighted by Gasteiger charge is -2.16. The molecule has 0 spiro atoms. The summed E-state index contributed by atoms with van der Waals surface area (Å²) in [7, 11) is 2.14. The summed E-state index contributed by atoms with van der Waals surface area (Å²) in [6.07, 6.45) is 28.5. The zero-order chi connectivity index (χ0) is 25.9. The van der Waals surface area contributed by atoms with Gasteiger partial charge >= 0.3 is 0 Å². The topological polar surface area (TPSA) is 8.81 Å². The molecule has 1 aliphatic carbocycles. The van der Waals surface area contributed by atoms with Crippen molar-refractivity contribution in [1.82, 2.24) is 4.57 Å². The summed E-state index contributed by atoms with van der Waals surface area (Å²) in [4.78, 5) is 0. The van der Waals surface area contributed by atoms with E-state index in [4.69, 9.17) is 0 Å². The second-order valence-electron chi connectivity index (χ2n) is 8.92. The summed E-state index contributed by atoms with van der Waals surface area (Å²) in [6, 6.07) is 10.7. The Balaban J connectivity index is 2.42. The quantitative estimate of drug-likeness (QED) is 0.196. The van der Waals surface area contributed by atoms with Gasteiger partial charge in [-0.25, -0.2) is 9.13 Å². The van der Waals surface area contributed by atoms with E-state index in [1.165, 1.54) is 16.8 Å². The molecule has 2 heteroatoms. The van der Waals surface area contributed by atoms with Gasteiger partial charge in [-0.1, -0.05) is 122 Å². The van der Waals surface area contributed by atoms with Crippen LogP contribution in [0.3, 0.4) is 0 Å². The second-order valence-corrected chi connectivity index (χ2v) is 8.92. The lowest BCUT2D eigenvalue weighted by atomic mass is 9.90. The average Bonchev–Trinajstić information content (AvgIpc) is 3.14. The minimum Gasteiger partial charge on any atom is -0.225 e. The number of hydrogen-bond acceptors (Lipinski definition) is 0. The first-order chi connectivity index (χ1) is 17.5. The van der Waals surface area contributed by atoms with Crippen LogP contribution in [0, 0.1) is 0 Å². The molecule has 0 bridgehead atoms. The van der Waals surface area contributed by atoms with Crippen LogP contribution >= 0.6 is 0 Å². The van der Waals surface area contributed by atoms with E-state index < -0.39 is 0 Å². The first-order valence-corrected chi connectivity index (χ1v) is 12.6. The van der Waals surface area contributed by atoms with E-state index in [0.717, 1.165) is 35.6 Å². The molecule has 0 radical (unpaired) electrons. The van der Waals surface area contributed by atoms with Gasteiger partial charge in [0.1, 0.15) is 6.54 Å². The number of aromatic nitrogens is 2. The smallest absolute Gasteiger partial charge is 0.225 e. The molecule has 1 unspecified atom stereocenters. The highest BCUT2D eigenvalue weighted by Gasteiger charge is 2.35. The van der Waals surface area contributed by atoms with Crippen LogP contribution in [-0.4, -0.2) is 4.57 Å². The Hall–Kier alpha value is -3.91. The average molecular weight is 476 g/mol. The van der Waals surface area contributed by atoms with E-state index in [1.54, 1.807) is 0 Å². The van der Waals surface area contributed by atoms with Gasteiger partial charge in [0.15, 0.2) is 11.4 Å². The van der Waals surface area contributed by atoms with Gasteiger partial charge in [0, 0.05) is 5.57 Å².